The fourth-order valence-corrected chi connectivity index (χ4v) is 2.18. The van der Waals surface area contributed by atoms with Gasteiger partial charge in [0, 0.05) is 11.4 Å². The average Bonchev–Trinajstić information content (AvgIpc) is 3.08. The van der Waals surface area contributed by atoms with Crippen LogP contribution in [0.1, 0.15) is 27.5 Å². The van der Waals surface area contributed by atoms with Crippen molar-refractivity contribution < 1.29 is 9.21 Å². The summed E-state index contributed by atoms with van der Waals surface area (Å²) in [7, 11) is 0. The number of benzene rings is 1. The normalized spacial score (nSPS) is 10.4. The van der Waals surface area contributed by atoms with Crippen molar-refractivity contribution >= 4 is 17.5 Å². The first kappa shape index (κ1) is 15.7. The molecule has 1 amide bonds. The van der Waals surface area contributed by atoms with Crippen LogP contribution in [0.3, 0.4) is 0 Å². The maximum atomic E-state index is 12.3. The molecule has 122 valence electrons. The molecule has 0 aliphatic carbocycles. The topological polar surface area (TPSA) is 80.0 Å². The van der Waals surface area contributed by atoms with E-state index in [1.165, 1.54) is 5.56 Å². The van der Waals surface area contributed by atoms with Gasteiger partial charge in [0.25, 0.3) is 5.91 Å². The third kappa shape index (κ3) is 3.98. The minimum absolute atomic E-state index is 0.274. The Labute approximate surface area is 140 Å². The Bertz CT molecular complexity index is 827. The lowest BCUT2D eigenvalue weighted by Gasteiger charge is -2.08. The summed E-state index contributed by atoms with van der Waals surface area (Å²) < 4.78 is 5.20. The molecule has 1 aromatic carbocycles. The van der Waals surface area contributed by atoms with Crippen LogP contribution in [0.25, 0.3) is 0 Å². The lowest BCUT2D eigenvalue weighted by Crippen LogP contribution is -2.24. The number of anilines is 2. The number of aryl methyl sites for hydroxylation is 2. The molecule has 3 aromatic rings. The molecule has 6 nitrogen and oxygen atoms in total. The highest BCUT2D eigenvalue weighted by Crippen LogP contribution is 2.14. The van der Waals surface area contributed by atoms with Crippen molar-refractivity contribution in [2.75, 3.05) is 5.32 Å². The summed E-state index contributed by atoms with van der Waals surface area (Å²) in [4.78, 5) is 20.9. The molecule has 0 radical (unpaired) electrons. The predicted octanol–water partition coefficient (Wildman–Crippen LogP) is 3.36. The van der Waals surface area contributed by atoms with E-state index >= 15 is 0 Å². The number of rotatable bonds is 5. The summed E-state index contributed by atoms with van der Waals surface area (Å²) in [5.74, 6) is 0.804. The van der Waals surface area contributed by atoms with Crippen LogP contribution in [-0.2, 0) is 6.54 Å². The average molecular weight is 322 g/mol. The molecule has 0 saturated carbocycles. The lowest BCUT2D eigenvalue weighted by molar-refractivity contribution is 0.0943. The van der Waals surface area contributed by atoms with Crippen LogP contribution < -0.4 is 10.6 Å². The van der Waals surface area contributed by atoms with Gasteiger partial charge in [0.1, 0.15) is 11.5 Å². The first-order valence-corrected chi connectivity index (χ1v) is 7.60. The third-order valence-corrected chi connectivity index (χ3v) is 3.40. The van der Waals surface area contributed by atoms with Gasteiger partial charge in [-0.15, -0.1) is 0 Å². The lowest BCUT2D eigenvalue weighted by atomic mass is 10.2. The number of nitrogens with one attached hydrogen (secondary N) is 2. The van der Waals surface area contributed by atoms with Gasteiger partial charge in [-0.3, -0.25) is 4.79 Å². The van der Waals surface area contributed by atoms with Crippen LogP contribution in [0.15, 0.2) is 53.1 Å². The summed E-state index contributed by atoms with van der Waals surface area (Å²) in [6.45, 7) is 4.16. The number of carbonyl (C=O) groups excluding carboxylic acids is 1. The van der Waals surface area contributed by atoms with Gasteiger partial charge in [-0.05, 0) is 44.2 Å². The fourth-order valence-electron chi connectivity index (χ4n) is 2.18. The number of amides is 1. The quantitative estimate of drug-likeness (QED) is 0.753. The molecule has 24 heavy (non-hydrogen) atoms. The van der Waals surface area contributed by atoms with Crippen molar-refractivity contribution in [3.8, 4) is 0 Å². The minimum Gasteiger partial charge on any atom is -0.467 e. The van der Waals surface area contributed by atoms with Gasteiger partial charge in [-0.25, -0.2) is 9.97 Å². The number of hydrogen-bond acceptors (Lipinski definition) is 5. The van der Waals surface area contributed by atoms with E-state index in [2.05, 4.69) is 20.6 Å². The molecule has 6 heteroatoms. The van der Waals surface area contributed by atoms with Crippen molar-refractivity contribution in [1.82, 2.24) is 15.3 Å². The fraction of sp³-hybridized carbons (Fsp3) is 0.167. The molecule has 0 saturated heterocycles. The second kappa shape index (κ2) is 6.95. The first-order chi connectivity index (χ1) is 11.6. The Morgan fingerprint density at radius 1 is 1.12 bits per heavy atom. The van der Waals surface area contributed by atoms with Crippen molar-refractivity contribution in [2.24, 2.45) is 0 Å². The molecule has 0 aliphatic heterocycles. The van der Waals surface area contributed by atoms with E-state index in [4.69, 9.17) is 4.42 Å². The van der Waals surface area contributed by atoms with Crippen LogP contribution in [0.4, 0.5) is 11.6 Å². The predicted molar refractivity (Wildman–Crippen MR) is 91.1 cm³/mol. The number of nitrogens with zero attached hydrogens (tertiary/aromatic N) is 2. The van der Waals surface area contributed by atoms with Crippen LogP contribution in [0, 0.1) is 13.8 Å². The first-order valence-electron chi connectivity index (χ1n) is 7.60. The number of aromatic nitrogens is 2. The van der Waals surface area contributed by atoms with Crippen LogP contribution in [0.2, 0.25) is 0 Å². The molecular formula is C18H18N4O2. The third-order valence-electron chi connectivity index (χ3n) is 3.40. The van der Waals surface area contributed by atoms with Crippen LogP contribution >= 0.6 is 0 Å². The van der Waals surface area contributed by atoms with Crippen molar-refractivity contribution in [2.45, 2.75) is 20.4 Å². The second-order valence-corrected chi connectivity index (χ2v) is 5.47. The zero-order valence-electron chi connectivity index (χ0n) is 13.5. The number of hydrogen-bond donors (Lipinski definition) is 2. The Morgan fingerprint density at radius 2 is 1.92 bits per heavy atom. The molecule has 2 aromatic heterocycles. The smallest absolute Gasteiger partial charge is 0.270 e. The minimum atomic E-state index is -0.274. The Kier molecular flexibility index (Phi) is 4.56. The maximum absolute atomic E-state index is 12.3. The van der Waals surface area contributed by atoms with Crippen LogP contribution in [-0.4, -0.2) is 15.9 Å². The molecule has 0 fully saturated rings. The summed E-state index contributed by atoms with van der Waals surface area (Å²) in [5, 5.41) is 5.89. The van der Waals surface area contributed by atoms with Gasteiger partial charge in [0.2, 0.25) is 5.95 Å². The van der Waals surface area contributed by atoms with Crippen molar-refractivity contribution in [1.29, 1.82) is 0 Å². The van der Waals surface area contributed by atoms with E-state index in [-0.39, 0.29) is 5.91 Å². The van der Waals surface area contributed by atoms with Gasteiger partial charge < -0.3 is 15.1 Å². The monoisotopic (exact) mass is 322 g/mol. The van der Waals surface area contributed by atoms with E-state index in [1.54, 1.807) is 24.5 Å². The number of carbonyl (C=O) groups is 1. The van der Waals surface area contributed by atoms with Gasteiger partial charge >= 0.3 is 0 Å². The molecule has 0 aliphatic rings. The van der Waals surface area contributed by atoms with Gasteiger partial charge in [-0.1, -0.05) is 17.7 Å². The van der Waals surface area contributed by atoms with Crippen LogP contribution in [0.5, 0.6) is 0 Å². The van der Waals surface area contributed by atoms with Crippen molar-refractivity contribution in [3.05, 3.63) is 71.4 Å². The van der Waals surface area contributed by atoms with E-state index in [0.29, 0.717) is 29.6 Å². The molecule has 3 rings (SSSR count). The van der Waals surface area contributed by atoms with Gasteiger partial charge in [-0.2, -0.15) is 0 Å². The summed E-state index contributed by atoms with van der Waals surface area (Å²) in [6.07, 6.45) is 1.57. The standard InChI is InChI=1S/C18H18N4O2/c1-12-5-7-14(8-6-12)21-18-20-13(2)10-16(22-18)17(23)19-11-15-4-3-9-24-15/h3-10H,11H2,1-2H3,(H,19,23)(H,20,21,22). The second-order valence-electron chi connectivity index (χ2n) is 5.47. The Balaban J connectivity index is 1.73. The van der Waals surface area contributed by atoms with E-state index in [9.17, 15) is 4.79 Å². The highest BCUT2D eigenvalue weighted by Gasteiger charge is 2.11. The van der Waals surface area contributed by atoms with E-state index in [0.717, 1.165) is 5.69 Å². The summed E-state index contributed by atoms with van der Waals surface area (Å²) in [5.41, 5.74) is 3.06. The molecule has 0 unspecified atom stereocenters. The van der Waals surface area contributed by atoms with E-state index in [1.807, 2.05) is 38.1 Å². The molecule has 2 heterocycles. The molecule has 0 spiro atoms. The molecular weight excluding hydrogens is 304 g/mol. The van der Waals surface area contributed by atoms with E-state index < -0.39 is 0 Å². The zero-order valence-corrected chi connectivity index (χ0v) is 13.5. The van der Waals surface area contributed by atoms with Gasteiger partial charge in [0.05, 0.1) is 12.8 Å². The highest BCUT2D eigenvalue weighted by molar-refractivity contribution is 5.92. The Morgan fingerprint density at radius 3 is 2.62 bits per heavy atom. The van der Waals surface area contributed by atoms with Gasteiger partial charge in [0.15, 0.2) is 0 Å². The summed E-state index contributed by atoms with van der Waals surface area (Å²) >= 11 is 0. The summed E-state index contributed by atoms with van der Waals surface area (Å²) in [6, 6.07) is 13.1. The molecule has 0 atom stereocenters. The largest absolute Gasteiger partial charge is 0.467 e. The molecule has 2 N–H and O–H groups in total. The van der Waals surface area contributed by atoms with Crippen molar-refractivity contribution in [3.63, 3.8) is 0 Å². The molecule has 0 bridgehead atoms. The Hall–Kier alpha value is -3.15. The maximum Gasteiger partial charge on any atom is 0.270 e. The highest BCUT2D eigenvalue weighted by atomic mass is 16.3. The number of furan rings is 1. The zero-order chi connectivity index (χ0) is 16.9. The SMILES string of the molecule is Cc1ccc(Nc2nc(C)cc(C(=O)NCc3ccco3)n2)cc1.